The molecule has 2 fully saturated rings. The Morgan fingerprint density at radius 1 is 1.24 bits per heavy atom. The number of pyridine rings is 1. The maximum Gasteiger partial charge on any atom is 0.224 e. The summed E-state index contributed by atoms with van der Waals surface area (Å²) in [5.74, 6) is 0.644. The highest BCUT2D eigenvalue weighted by Crippen LogP contribution is 2.36. The minimum atomic E-state index is 0.148. The van der Waals surface area contributed by atoms with Gasteiger partial charge in [0.05, 0.1) is 11.8 Å². The Bertz CT molecular complexity index is 819. The summed E-state index contributed by atoms with van der Waals surface area (Å²) in [7, 11) is 0. The first-order chi connectivity index (χ1) is 14.1. The number of fused-ring (bicyclic) bond motifs is 1. The summed E-state index contributed by atoms with van der Waals surface area (Å²) in [5.41, 5.74) is 3.15. The molecule has 1 aliphatic heterocycles. The van der Waals surface area contributed by atoms with Gasteiger partial charge in [-0.25, -0.2) is 4.98 Å². The van der Waals surface area contributed by atoms with Crippen LogP contribution in [-0.4, -0.2) is 34.6 Å². The third kappa shape index (κ3) is 4.66. The molecule has 3 heterocycles. The molecule has 2 aliphatic rings. The van der Waals surface area contributed by atoms with Crippen molar-refractivity contribution < 1.29 is 9.53 Å². The number of nitrogens with zero attached hydrogens (tertiary/aromatic N) is 2. The minimum absolute atomic E-state index is 0.148. The van der Waals surface area contributed by atoms with E-state index in [0.29, 0.717) is 18.1 Å². The van der Waals surface area contributed by atoms with Gasteiger partial charge in [-0.05, 0) is 62.5 Å². The van der Waals surface area contributed by atoms with Gasteiger partial charge < -0.3 is 14.6 Å². The Hall–Kier alpha value is -1.88. The molecule has 1 saturated heterocycles. The summed E-state index contributed by atoms with van der Waals surface area (Å²) in [6, 6.07) is 2.38. The first-order valence-corrected chi connectivity index (χ1v) is 11.5. The summed E-state index contributed by atoms with van der Waals surface area (Å²) in [6.07, 6.45) is 15.9. The SMILES string of the molecule is CC(=O)N(c1c(CC(C)CC2CCCCO2)cnc2[nH]ccc12)C1CCCCC1. The number of nitrogens with one attached hydrogen (secondary N) is 1. The highest BCUT2D eigenvalue weighted by molar-refractivity contribution is 6.02. The van der Waals surface area contributed by atoms with Crippen LogP contribution < -0.4 is 4.90 Å². The molecular weight excluding hydrogens is 362 g/mol. The molecule has 1 N–H and O–H groups in total. The van der Waals surface area contributed by atoms with Crippen LogP contribution in [0.2, 0.25) is 0 Å². The number of aromatic amines is 1. The van der Waals surface area contributed by atoms with Gasteiger partial charge in [-0.3, -0.25) is 4.79 Å². The third-order valence-corrected chi connectivity index (χ3v) is 6.66. The fourth-order valence-corrected chi connectivity index (χ4v) is 5.31. The highest BCUT2D eigenvalue weighted by Gasteiger charge is 2.29. The summed E-state index contributed by atoms with van der Waals surface area (Å²) in [6.45, 7) is 4.93. The van der Waals surface area contributed by atoms with Crippen molar-refractivity contribution in [3.63, 3.8) is 0 Å². The lowest BCUT2D eigenvalue weighted by Gasteiger charge is -2.35. The molecule has 4 rings (SSSR count). The van der Waals surface area contributed by atoms with Crippen LogP contribution in [0.5, 0.6) is 0 Å². The number of amides is 1. The number of hydrogen-bond donors (Lipinski definition) is 1. The second-order valence-corrected chi connectivity index (χ2v) is 9.09. The van der Waals surface area contributed by atoms with E-state index in [9.17, 15) is 4.79 Å². The molecule has 2 atom stereocenters. The van der Waals surface area contributed by atoms with Gasteiger partial charge in [0.15, 0.2) is 0 Å². The molecule has 0 bridgehead atoms. The lowest BCUT2D eigenvalue weighted by Crippen LogP contribution is -2.41. The van der Waals surface area contributed by atoms with Crippen molar-refractivity contribution in [1.29, 1.82) is 0 Å². The zero-order valence-corrected chi connectivity index (χ0v) is 18.0. The summed E-state index contributed by atoms with van der Waals surface area (Å²) >= 11 is 0. The van der Waals surface area contributed by atoms with Crippen LogP contribution in [0.15, 0.2) is 18.5 Å². The van der Waals surface area contributed by atoms with Gasteiger partial charge in [0, 0.05) is 37.4 Å². The second kappa shape index (κ2) is 9.29. The summed E-state index contributed by atoms with van der Waals surface area (Å²) < 4.78 is 5.97. The van der Waals surface area contributed by atoms with E-state index in [1.54, 1.807) is 6.92 Å². The number of hydrogen-bond acceptors (Lipinski definition) is 3. The van der Waals surface area contributed by atoms with Gasteiger partial charge in [0.1, 0.15) is 5.65 Å². The molecule has 0 radical (unpaired) electrons. The molecule has 2 unspecified atom stereocenters. The van der Waals surface area contributed by atoms with Crippen molar-refractivity contribution >= 4 is 22.6 Å². The van der Waals surface area contributed by atoms with Crippen molar-refractivity contribution in [3.05, 3.63) is 24.0 Å². The molecule has 2 aromatic rings. The fourth-order valence-electron chi connectivity index (χ4n) is 5.31. The minimum Gasteiger partial charge on any atom is -0.378 e. The fraction of sp³-hybridized carbons (Fsp3) is 0.667. The van der Waals surface area contributed by atoms with Crippen molar-refractivity contribution in [2.75, 3.05) is 11.5 Å². The maximum atomic E-state index is 12.8. The number of anilines is 1. The van der Waals surface area contributed by atoms with E-state index in [1.165, 1.54) is 44.1 Å². The van der Waals surface area contributed by atoms with Crippen LogP contribution in [0, 0.1) is 5.92 Å². The van der Waals surface area contributed by atoms with E-state index in [4.69, 9.17) is 4.74 Å². The number of carbonyl (C=O) groups is 1. The summed E-state index contributed by atoms with van der Waals surface area (Å²) in [5, 5.41) is 1.07. The number of aromatic nitrogens is 2. The second-order valence-electron chi connectivity index (χ2n) is 9.09. The molecule has 1 saturated carbocycles. The molecule has 5 heteroatoms. The van der Waals surface area contributed by atoms with Crippen LogP contribution in [-0.2, 0) is 16.0 Å². The molecule has 1 aliphatic carbocycles. The van der Waals surface area contributed by atoms with Crippen LogP contribution in [0.3, 0.4) is 0 Å². The molecule has 158 valence electrons. The van der Waals surface area contributed by atoms with Gasteiger partial charge in [-0.2, -0.15) is 0 Å². The Morgan fingerprint density at radius 3 is 2.76 bits per heavy atom. The van der Waals surface area contributed by atoms with Gasteiger partial charge in [0.2, 0.25) is 5.91 Å². The van der Waals surface area contributed by atoms with Gasteiger partial charge in [-0.15, -0.1) is 0 Å². The van der Waals surface area contributed by atoms with Crippen molar-refractivity contribution in [2.24, 2.45) is 5.92 Å². The Labute approximate surface area is 174 Å². The number of H-pyrrole nitrogens is 1. The molecular formula is C24H35N3O2. The average Bonchev–Trinajstić information content (AvgIpc) is 3.20. The maximum absolute atomic E-state index is 12.8. The van der Waals surface area contributed by atoms with E-state index in [-0.39, 0.29) is 5.91 Å². The number of carbonyl (C=O) groups excluding carboxylic acids is 1. The van der Waals surface area contributed by atoms with E-state index in [0.717, 1.165) is 49.0 Å². The highest BCUT2D eigenvalue weighted by atomic mass is 16.5. The first-order valence-electron chi connectivity index (χ1n) is 11.5. The average molecular weight is 398 g/mol. The Balaban J connectivity index is 1.63. The lowest BCUT2D eigenvalue weighted by atomic mass is 9.90. The molecule has 2 aromatic heterocycles. The van der Waals surface area contributed by atoms with Gasteiger partial charge >= 0.3 is 0 Å². The monoisotopic (exact) mass is 397 g/mol. The third-order valence-electron chi connectivity index (χ3n) is 6.66. The van der Waals surface area contributed by atoms with E-state index < -0.39 is 0 Å². The lowest BCUT2D eigenvalue weighted by molar-refractivity contribution is -0.117. The van der Waals surface area contributed by atoms with Crippen molar-refractivity contribution in [1.82, 2.24) is 9.97 Å². The molecule has 0 spiro atoms. The standard InChI is InChI=1S/C24H35N3O2/c1-17(15-21-10-6-7-13-29-21)14-19-16-26-24-22(11-12-25-24)23(19)27(18(2)28)20-8-4-3-5-9-20/h11-12,16-17,20-21H,3-10,13-15H2,1-2H3,(H,25,26). The number of ether oxygens (including phenoxy) is 1. The van der Waals surface area contributed by atoms with Gasteiger partial charge in [0.25, 0.3) is 0 Å². The zero-order chi connectivity index (χ0) is 20.2. The predicted molar refractivity (Wildman–Crippen MR) is 117 cm³/mol. The molecule has 5 nitrogen and oxygen atoms in total. The molecule has 0 aromatic carbocycles. The largest absolute Gasteiger partial charge is 0.378 e. The van der Waals surface area contributed by atoms with Crippen LogP contribution >= 0.6 is 0 Å². The van der Waals surface area contributed by atoms with Crippen LogP contribution in [0.25, 0.3) is 11.0 Å². The Morgan fingerprint density at radius 2 is 2.03 bits per heavy atom. The zero-order valence-electron chi connectivity index (χ0n) is 18.0. The van der Waals surface area contributed by atoms with Crippen LogP contribution in [0.1, 0.15) is 77.2 Å². The molecule has 1 amide bonds. The van der Waals surface area contributed by atoms with Crippen LogP contribution in [0.4, 0.5) is 5.69 Å². The number of rotatable bonds is 6. The topological polar surface area (TPSA) is 58.2 Å². The first kappa shape index (κ1) is 20.4. The van der Waals surface area contributed by atoms with E-state index in [1.807, 2.05) is 12.4 Å². The molecule has 29 heavy (non-hydrogen) atoms. The van der Waals surface area contributed by atoms with Crippen molar-refractivity contribution in [2.45, 2.75) is 90.2 Å². The Kier molecular flexibility index (Phi) is 6.53. The summed E-state index contributed by atoms with van der Waals surface area (Å²) in [4.78, 5) is 22.8. The van der Waals surface area contributed by atoms with E-state index >= 15 is 0 Å². The predicted octanol–water partition coefficient (Wildman–Crippen LogP) is 5.39. The van der Waals surface area contributed by atoms with Crippen molar-refractivity contribution in [3.8, 4) is 0 Å². The smallest absolute Gasteiger partial charge is 0.224 e. The normalized spacial score (nSPS) is 21.9. The van der Waals surface area contributed by atoms with Gasteiger partial charge in [-0.1, -0.05) is 26.2 Å². The van der Waals surface area contributed by atoms with E-state index in [2.05, 4.69) is 27.9 Å². The quantitative estimate of drug-likeness (QED) is 0.711.